The lowest BCUT2D eigenvalue weighted by Crippen LogP contribution is -2.01. The summed E-state index contributed by atoms with van der Waals surface area (Å²) < 4.78 is 12.8. The molecule has 0 fully saturated rings. The molecule has 0 bridgehead atoms. The molecule has 0 aliphatic heterocycles. The summed E-state index contributed by atoms with van der Waals surface area (Å²) in [6, 6.07) is 2.04. The van der Waals surface area contributed by atoms with E-state index in [9.17, 15) is 9.18 Å². The maximum absolute atomic E-state index is 12.8. The number of phenols is 1. The highest BCUT2D eigenvalue weighted by Gasteiger charge is 2.13. The zero-order valence-electron chi connectivity index (χ0n) is 6.42. The summed E-state index contributed by atoms with van der Waals surface area (Å²) in [5, 5.41) is 17.2. The molecule has 0 aliphatic rings. The second kappa shape index (κ2) is 3.62. The monoisotopic (exact) mass is 204 g/mol. The van der Waals surface area contributed by atoms with Gasteiger partial charge in [0.2, 0.25) is 0 Å². The Kier molecular flexibility index (Phi) is 2.72. The molecule has 0 unspecified atom stereocenters. The smallest absolute Gasteiger partial charge is 0.308 e. The van der Waals surface area contributed by atoms with Gasteiger partial charge in [-0.25, -0.2) is 4.39 Å². The number of carboxylic acid groups (broad SMARTS) is 1. The minimum Gasteiger partial charge on any atom is -0.508 e. The van der Waals surface area contributed by atoms with Crippen LogP contribution in [0.15, 0.2) is 12.1 Å². The standard InChI is InChI=1S/C8H6ClFO3/c9-8-4(3-7(12)13)6(11)2-1-5(8)10/h1-2,11H,3H2,(H,12,13). The molecule has 0 aliphatic carbocycles. The van der Waals surface area contributed by atoms with Gasteiger partial charge < -0.3 is 10.2 Å². The molecule has 1 aromatic carbocycles. The molecule has 1 rings (SSSR count). The number of halogens is 2. The van der Waals surface area contributed by atoms with Gasteiger partial charge in [0, 0.05) is 5.56 Å². The number of carboxylic acids is 1. The summed E-state index contributed by atoms with van der Waals surface area (Å²) in [7, 11) is 0. The number of benzene rings is 1. The quantitative estimate of drug-likeness (QED) is 0.773. The van der Waals surface area contributed by atoms with Crippen LogP contribution < -0.4 is 0 Å². The Morgan fingerprint density at radius 2 is 2.15 bits per heavy atom. The lowest BCUT2D eigenvalue weighted by molar-refractivity contribution is -0.136. The number of rotatable bonds is 2. The van der Waals surface area contributed by atoms with Crippen LogP contribution in [0, 0.1) is 5.82 Å². The first-order valence-corrected chi connectivity index (χ1v) is 3.78. The Morgan fingerprint density at radius 3 is 2.69 bits per heavy atom. The number of hydrogen-bond acceptors (Lipinski definition) is 2. The predicted molar refractivity (Wildman–Crippen MR) is 44.4 cm³/mol. The van der Waals surface area contributed by atoms with Crippen molar-refractivity contribution in [3.8, 4) is 5.75 Å². The third-order valence-electron chi connectivity index (χ3n) is 1.50. The molecule has 0 saturated heterocycles. The molecule has 70 valence electrons. The molecule has 1 aromatic rings. The van der Waals surface area contributed by atoms with E-state index >= 15 is 0 Å². The number of hydrogen-bond donors (Lipinski definition) is 2. The fraction of sp³-hybridized carbons (Fsp3) is 0.125. The minimum atomic E-state index is -1.18. The van der Waals surface area contributed by atoms with Crippen LogP contribution in [0.5, 0.6) is 5.75 Å². The first-order valence-electron chi connectivity index (χ1n) is 3.40. The highest BCUT2D eigenvalue weighted by atomic mass is 35.5. The van der Waals surface area contributed by atoms with Gasteiger partial charge in [0.05, 0.1) is 11.4 Å². The first kappa shape index (κ1) is 9.80. The highest BCUT2D eigenvalue weighted by molar-refractivity contribution is 6.31. The number of carbonyl (C=O) groups is 1. The fourth-order valence-electron chi connectivity index (χ4n) is 0.902. The normalized spacial score (nSPS) is 10.0. The zero-order valence-corrected chi connectivity index (χ0v) is 7.18. The molecular weight excluding hydrogens is 199 g/mol. The van der Waals surface area contributed by atoms with Crippen molar-refractivity contribution in [2.24, 2.45) is 0 Å². The average molecular weight is 205 g/mol. The largest absolute Gasteiger partial charge is 0.508 e. The zero-order chi connectivity index (χ0) is 10.0. The molecule has 5 heteroatoms. The molecule has 13 heavy (non-hydrogen) atoms. The van der Waals surface area contributed by atoms with E-state index in [-0.39, 0.29) is 16.3 Å². The molecule has 0 atom stereocenters. The lowest BCUT2D eigenvalue weighted by atomic mass is 10.1. The van der Waals surface area contributed by atoms with Gasteiger partial charge in [-0.2, -0.15) is 0 Å². The minimum absolute atomic E-state index is 0.103. The number of aliphatic carboxylic acids is 1. The first-order chi connectivity index (χ1) is 6.02. The van der Waals surface area contributed by atoms with Crippen molar-refractivity contribution in [2.75, 3.05) is 0 Å². The Bertz CT molecular complexity index is 351. The Balaban J connectivity index is 3.17. The maximum atomic E-state index is 12.8. The van der Waals surface area contributed by atoms with Gasteiger partial charge in [-0.1, -0.05) is 11.6 Å². The summed E-state index contributed by atoms with van der Waals surface area (Å²) in [5.41, 5.74) is -0.103. The van der Waals surface area contributed by atoms with Gasteiger partial charge in [0.15, 0.2) is 0 Å². The van der Waals surface area contributed by atoms with E-state index in [2.05, 4.69) is 0 Å². The van der Waals surface area contributed by atoms with Crippen LogP contribution in [0.3, 0.4) is 0 Å². The summed E-state index contributed by atoms with van der Waals surface area (Å²) in [6.45, 7) is 0. The van der Waals surface area contributed by atoms with Crippen molar-refractivity contribution in [2.45, 2.75) is 6.42 Å². The second-order valence-electron chi connectivity index (χ2n) is 2.43. The van der Waals surface area contributed by atoms with Crippen LogP contribution in [-0.2, 0) is 11.2 Å². The van der Waals surface area contributed by atoms with Gasteiger partial charge in [-0.15, -0.1) is 0 Å². The molecular formula is C8H6ClFO3. The summed E-state index contributed by atoms with van der Waals surface area (Å²) in [4.78, 5) is 10.3. The summed E-state index contributed by atoms with van der Waals surface area (Å²) in [6.07, 6.45) is -0.498. The van der Waals surface area contributed by atoms with Crippen LogP contribution in [0.1, 0.15) is 5.56 Å². The summed E-state index contributed by atoms with van der Waals surface area (Å²) in [5.74, 6) is -2.23. The molecule has 3 nitrogen and oxygen atoms in total. The van der Waals surface area contributed by atoms with Crippen LogP contribution in [0.2, 0.25) is 5.02 Å². The van der Waals surface area contributed by atoms with Crippen LogP contribution in [-0.4, -0.2) is 16.2 Å². The number of aromatic hydroxyl groups is 1. The van der Waals surface area contributed by atoms with Crippen LogP contribution >= 0.6 is 11.6 Å². The van der Waals surface area contributed by atoms with Gasteiger partial charge in [0.25, 0.3) is 0 Å². The van der Waals surface area contributed by atoms with E-state index in [1.807, 2.05) is 0 Å². The topological polar surface area (TPSA) is 57.5 Å². The van der Waals surface area contributed by atoms with E-state index in [0.717, 1.165) is 12.1 Å². The van der Waals surface area contributed by atoms with Crippen molar-refractivity contribution in [1.29, 1.82) is 0 Å². The predicted octanol–water partition coefficient (Wildman–Crippen LogP) is 1.81. The van der Waals surface area contributed by atoms with Crippen LogP contribution in [0.4, 0.5) is 4.39 Å². The van der Waals surface area contributed by atoms with Crippen LogP contribution in [0.25, 0.3) is 0 Å². The molecule has 0 radical (unpaired) electrons. The Labute approximate surface area is 78.4 Å². The fourth-order valence-corrected chi connectivity index (χ4v) is 1.13. The Hall–Kier alpha value is -1.29. The third kappa shape index (κ3) is 2.09. The van der Waals surface area contributed by atoms with E-state index in [4.69, 9.17) is 21.8 Å². The second-order valence-corrected chi connectivity index (χ2v) is 2.81. The number of phenolic OH excluding ortho intramolecular Hbond substituents is 1. The van der Waals surface area contributed by atoms with Gasteiger partial charge in [0.1, 0.15) is 11.6 Å². The summed E-state index contributed by atoms with van der Waals surface area (Å²) >= 11 is 5.44. The van der Waals surface area contributed by atoms with Crippen molar-refractivity contribution in [1.82, 2.24) is 0 Å². The average Bonchev–Trinajstić information content (AvgIpc) is 2.05. The SMILES string of the molecule is O=C(O)Cc1c(O)ccc(F)c1Cl. The molecule has 0 spiro atoms. The van der Waals surface area contributed by atoms with Crippen molar-refractivity contribution in [3.05, 3.63) is 28.5 Å². The Morgan fingerprint density at radius 1 is 1.54 bits per heavy atom. The van der Waals surface area contributed by atoms with E-state index in [1.165, 1.54) is 0 Å². The molecule has 2 N–H and O–H groups in total. The molecule has 0 amide bonds. The maximum Gasteiger partial charge on any atom is 0.308 e. The highest BCUT2D eigenvalue weighted by Crippen LogP contribution is 2.28. The van der Waals surface area contributed by atoms with E-state index in [0.29, 0.717) is 0 Å². The van der Waals surface area contributed by atoms with Crippen molar-refractivity contribution < 1.29 is 19.4 Å². The van der Waals surface area contributed by atoms with E-state index < -0.39 is 18.2 Å². The van der Waals surface area contributed by atoms with Crippen molar-refractivity contribution in [3.63, 3.8) is 0 Å². The van der Waals surface area contributed by atoms with Crippen molar-refractivity contribution >= 4 is 17.6 Å². The molecule has 0 saturated carbocycles. The van der Waals surface area contributed by atoms with Gasteiger partial charge in [-0.3, -0.25) is 4.79 Å². The van der Waals surface area contributed by atoms with Gasteiger partial charge >= 0.3 is 5.97 Å². The lowest BCUT2D eigenvalue weighted by Gasteiger charge is -2.04. The van der Waals surface area contributed by atoms with Gasteiger partial charge in [-0.05, 0) is 12.1 Å². The molecule has 0 heterocycles. The third-order valence-corrected chi connectivity index (χ3v) is 1.91. The molecule has 0 aromatic heterocycles. The van der Waals surface area contributed by atoms with E-state index in [1.54, 1.807) is 0 Å².